The fraction of sp³-hybridized carbons (Fsp3) is 0.368. The molecule has 2 aromatic rings. The SMILES string of the molecule is CC.Cc1ccc(C)c(Cl)c1C.Cc1ccccc1C. The van der Waals surface area contributed by atoms with Crippen molar-refractivity contribution in [2.75, 3.05) is 0 Å². The van der Waals surface area contributed by atoms with Gasteiger partial charge in [0.05, 0.1) is 0 Å². The van der Waals surface area contributed by atoms with Gasteiger partial charge < -0.3 is 0 Å². The summed E-state index contributed by atoms with van der Waals surface area (Å²) in [6.45, 7) is 14.4. The molecule has 110 valence electrons. The third kappa shape index (κ3) is 5.79. The molecule has 0 aliphatic rings. The van der Waals surface area contributed by atoms with Crippen LogP contribution >= 0.6 is 11.6 Å². The van der Waals surface area contributed by atoms with Crippen LogP contribution in [-0.2, 0) is 0 Å². The molecule has 0 amide bonds. The molecule has 0 aromatic heterocycles. The molecule has 0 heterocycles. The summed E-state index contributed by atoms with van der Waals surface area (Å²) in [6, 6.07) is 12.5. The third-order valence-corrected chi connectivity index (χ3v) is 3.86. The molecule has 0 N–H and O–H groups in total. The molecule has 0 unspecified atom stereocenters. The van der Waals surface area contributed by atoms with E-state index in [0.717, 1.165) is 10.6 Å². The van der Waals surface area contributed by atoms with Gasteiger partial charge in [-0.15, -0.1) is 0 Å². The summed E-state index contributed by atoms with van der Waals surface area (Å²) in [5.41, 5.74) is 6.35. The quantitative estimate of drug-likeness (QED) is 0.513. The molecule has 2 aromatic carbocycles. The lowest BCUT2D eigenvalue weighted by Crippen LogP contribution is -1.84. The third-order valence-electron chi connectivity index (χ3n) is 3.28. The van der Waals surface area contributed by atoms with Gasteiger partial charge in [-0.2, -0.15) is 0 Å². The van der Waals surface area contributed by atoms with Crippen LogP contribution in [0.4, 0.5) is 0 Å². The Morgan fingerprint density at radius 1 is 0.600 bits per heavy atom. The number of rotatable bonds is 0. The average molecular weight is 291 g/mol. The van der Waals surface area contributed by atoms with E-state index in [1.54, 1.807) is 0 Å². The van der Waals surface area contributed by atoms with E-state index in [-0.39, 0.29) is 0 Å². The topological polar surface area (TPSA) is 0 Å². The van der Waals surface area contributed by atoms with E-state index in [2.05, 4.69) is 51.1 Å². The normalized spacial score (nSPS) is 9.00. The summed E-state index contributed by atoms with van der Waals surface area (Å²) in [6.07, 6.45) is 0. The fourth-order valence-electron chi connectivity index (χ4n) is 1.58. The number of halogens is 1. The maximum Gasteiger partial charge on any atom is 0.0466 e. The molecule has 20 heavy (non-hydrogen) atoms. The largest absolute Gasteiger partial charge is 0.0838 e. The summed E-state index contributed by atoms with van der Waals surface area (Å²) in [5.74, 6) is 0. The summed E-state index contributed by atoms with van der Waals surface area (Å²) in [7, 11) is 0. The lowest BCUT2D eigenvalue weighted by atomic mass is 10.1. The lowest BCUT2D eigenvalue weighted by Gasteiger charge is -2.04. The summed E-state index contributed by atoms with van der Waals surface area (Å²) >= 11 is 5.98. The second-order valence-electron chi connectivity index (χ2n) is 4.72. The van der Waals surface area contributed by atoms with Crippen molar-refractivity contribution < 1.29 is 0 Å². The highest BCUT2D eigenvalue weighted by Crippen LogP contribution is 2.22. The zero-order valence-electron chi connectivity index (χ0n) is 13.8. The van der Waals surface area contributed by atoms with Crippen molar-refractivity contribution in [1.29, 1.82) is 0 Å². The predicted octanol–water partition coefficient (Wildman–Crippen LogP) is 6.59. The van der Waals surface area contributed by atoms with Gasteiger partial charge in [0.25, 0.3) is 0 Å². The molecule has 0 radical (unpaired) electrons. The minimum atomic E-state index is 0.903. The van der Waals surface area contributed by atoms with Crippen LogP contribution in [-0.4, -0.2) is 0 Å². The molecule has 0 atom stereocenters. The van der Waals surface area contributed by atoms with Gasteiger partial charge in [0.1, 0.15) is 0 Å². The minimum Gasteiger partial charge on any atom is -0.0838 e. The van der Waals surface area contributed by atoms with Gasteiger partial charge >= 0.3 is 0 Å². The Morgan fingerprint density at radius 3 is 1.35 bits per heavy atom. The zero-order chi connectivity index (χ0) is 15.7. The van der Waals surface area contributed by atoms with Crippen molar-refractivity contribution >= 4 is 11.6 Å². The minimum absolute atomic E-state index is 0.903. The average Bonchev–Trinajstić information content (AvgIpc) is 2.47. The van der Waals surface area contributed by atoms with Crippen LogP contribution in [0.15, 0.2) is 36.4 Å². The van der Waals surface area contributed by atoms with E-state index in [1.807, 2.05) is 33.8 Å². The van der Waals surface area contributed by atoms with Gasteiger partial charge in [0, 0.05) is 5.02 Å². The van der Waals surface area contributed by atoms with Gasteiger partial charge in [-0.1, -0.05) is 61.8 Å². The van der Waals surface area contributed by atoms with Crippen LogP contribution < -0.4 is 0 Å². The molecule has 0 bridgehead atoms. The fourth-order valence-corrected chi connectivity index (χ4v) is 1.79. The summed E-state index contributed by atoms with van der Waals surface area (Å²) in [5, 5.41) is 0.903. The highest BCUT2D eigenvalue weighted by Gasteiger charge is 1.99. The van der Waals surface area contributed by atoms with E-state index in [9.17, 15) is 0 Å². The second kappa shape index (κ2) is 9.61. The van der Waals surface area contributed by atoms with Gasteiger partial charge in [0.15, 0.2) is 0 Å². The number of benzene rings is 2. The Labute approximate surface area is 129 Å². The van der Waals surface area contributed by atoms with Crippen molar-refractivity contribution in [3.05, 3.63) is 69.2 Å². The number of hydrogen-bond acceptors (Lipinski definition) is 0. The Hall–Kier alpha value is -1.27. The van der Waals surface area contributed by atoms with E-state index >= 15 is 0 Å². The molecular weight excluding hydrogens is 264 g/mol. The lowest BCUT2D eigenvalue weighted by molar-refractivity contribution is 1.30. The smallest absolute Gasteiger partial charge is 0.0466 e. The highest BCUT2D eigenvalue weighted by molar-refractivity contribution is 6.32. The van der Waals surface area contributed by atoms with Crippen LogP contribution in [0, 0.1) is 34.6 Å². The highest BCUT2D eigenvalue weighted by atomic mass is 35.5. The summed E-state index contributed by atoms with van der Waals surface area (Å²) < 4.78 is 0. The molecule has 0 nitrogen and oxygen atoms in total. The molecule has 0 saturated heterocycles. The van der Waals surface area contributed by atoms with Gasteiger partial charge in [0.2, 0.25) is 0 Å². The maximum absolute atomic E-state index is 5.98. The molecule has 1 heteroatoms. The molecule has 0 aliphatic heterocycles. The first-order chi connectivity index (χ1) is 9.43. The molecule has 0 aliphatic carbocycles. The monoisotopic (exact) mass is 290 g/mol. The van der Waals surface area contributed by atoms with Crippen LogP contribution in [0.1, 0.15) is 41.7 Å². The second-order valence-corrected chi connectivity index (χ2v) is 5.10. The van der Waals surface area contributed by atoms with E-state index in [4.69, 9.17) is 11.6 Å². The van der Waals surface area contributed by atoms with Crippen LogP contribution in [0.3, 0.4) is 0 Å². The van der Waals surface area contributed by atoms with Crippen LogP contribution in [0.5, 0.6) is 0 Å². The van der Waals surface area contributed by atoms with Crippen molar-refractivity contribution in [2.45, 2.75) is 48.5 Å². The van der Waals surface area contributed by atoms with E-state index in [1.165, 1.54) is 22.3 Å². The Bertz CT molecular complexity index is 479. The molecular formula is C19H27Cl. The van der Waals surface area contributed by atoms with Crippen LogP contribution in [0.2, 0.25) is 5.02 Å². The standard InChI is InChI=1S/C9H11Cl.C8H10.C2H6/c1-6-4-5-7(2)9(10)8(6)3;1-7-5-3-4-6-8(7)2;1-2/h4-5H,1-3H3;3-6H,1-2H3;1-2H3. The van der Waals surface area contributed by atoms with Crippen LogP contribution in [0.25, 0.3) is 0 Å². The first kappa shape index (κ1) is 18.7. The Kier molecular flexibility index (Phi) is 9.00. The summed E-state index contributed by atoms with van der Waals surface area (Å²) in [4.78, 5) is 0. The van der Waals surface area contributed by atoms with Gasteiger partial charge in [-0.05, 0) is 62.4 Å². The predicted molar refractivity (Wildman–Crippen MR) is 92.9 cm³/mol. The Morgan fingerprint density at radius 2 is 1.00 bits per heavy atom. The number of aryl methyl sites for hydroxylation is 4. The molecule has 0 spiro atoms. The molecule has 0 fully saturated rings. The molecule has 2 rings (SSSR count). The zero-order valence-corrected chi connectivity index (χ0v) is 14.6. The van der Waals surface area contributed by atoms with Gasteiger partial charge in [-0.25, -0.2) is 0 Å². The van der Waals surface area contributed by atoms with Crippen molar-refractivity contribution in [3.63, 3.8) is 0 Å². The first-order valence-electron chi connectivity index (χ1n) is 7.18. The first-order valence-corrected chi connectivity index (χ1v) is 7.55. The van der Waals surface area contributed by atoms with Crippen molar-refractivity contribution in [1.82, 2.24) is 0 Å². The Balaban J connectivity index is 0.000000327. The number of hydrogen-bond donors (Lipinski definition) is 0. The van der Waals surface area contributed by atoms with Crippen molar-refractivity contribution in [2.24, 2.45) is 0 Å². The van der Waals surface area contributed by atoms with Crippen molar-refractivity contribution in [3.8, 4) is 0 Å². The molecule has 0 saturated carbocycles. The van der Waals surface area contributed by atoms with E-state index < -0.39 is 0 Å². The maximum atomic E-state index is 5.98. The van der Waals surface area contributed by atoms with Gasteiger partial charge in [-0.3, -0.25) is 0 Å². The van der Waals surface area contributed by atoms with E-state index in [0.29, 0.717) is 0 Å².